The molecule has 0 bridgehead atoms. The summed E-state index contributed by atoms with van der Waals surface area (Å²) in [5.74, 6) is 3.03. The molecule has 0 aromatic carbocycles. The summed E-state index contributed by atoms with van der Waals surface area (Å²) < 4.78 is 21.8. The molecule has 0 aliphatic heterocycles. The lowest BCUT2D eigenvalue weighted by Crippen LogP contribution is -2.09. The number of sulfone groups is 1. The van der Waals surface area contributed by atoms with Crippen molar-refractivity contribution in [2.75, 3.05) is 12.0 Å². The van der Waals surface area contributed by atoms with Crippen LogP contribution in [0.25, 0.3) is 0 Å². The van der Waals surface area contributed by atoms with Gasteiger partial charge in [-0.05, 0) is 43.4 Å². The molecule has 0 amide bonds. The Morgan fingerprint density at radius 2 is 2.08 bits per heavy atom. The van der Waals surface area contributed by atoms with E-state index in [-0.39, 0.29) is 0 Å². The van der Waals surface area contributed by atoms with E-state index in [0.717, 1.165) is 24.2 Å². The Bertz CT molecular complexity index is 268. The monoisotopic (exact) mass is 188 g/mol. The summed E-state index contributed by atoms with van der Waals surface area (Å²) in [5, 5.41) is 0. The van der Waals surface area contributed by atoms with Gasteiger partial charge in [-0.1, -0.05) is 0 Å². The lowest BCUT2D eigenvalue weighted by Gasteiger charge is -2.09. The standard InChI is InChI=1S/C9H16O2S/c1-12(10,11)5-4-7-2-3-8-6-9(7)8/h7-9H,2-6H2,1H3/t7-,8?,9?/m1/s1. The third-order valence-corrected chi connectivity index (χ3v) is 4.33. The number of hydrogen-bond acceptors (Lipinski definition) is 2. The van der Waals surface area contributed by atoms with Crippen LogP contribution in [0.1, 0.15) is 25.7 Å². The van der Waals surface area contributed by atoms with E-state index in [4.69, 9.17) is 0 Å². The van der Waals surface area contributed by atoms with Crippen molar-refractivity contribution >= 4 is 9.84 Å². The summed E-state index contributed by atoms with van der Waals surface area (Å²) in [6.45, 7) is 0. The van der Waals surface area contributed by atoms with Crippen molar-refractivity contribution in [3.05, 3.63) is 0 Å². The molecule has 0 radical (unpaired) electrons. The van der Waals surface area contributed by atoms with Crippen molar-refractivity contribution in [1.82, 2.24) is 0 Å². The second-order valence-electron chi connectivity index (χ2n) is 4.42. The molecule has 0 aromatic rings. The summed E-state index contributed by atoms with van der Waals surface area (Å²) in [4.78, 5) is 0. The Kier molecular flexibility index (Phi) is 1.94. The van der Waals surface area contributed by atoms with Crippen molar-refractivity contribution in [2.24, 2.45) is 17.8 Å². The first-order valence-electron chi connectivity index (χ1n) is 4.74. The molecule has 2 aliphatic carbocycles. The lowest BCUT2D eigenvalue weighted by atomic mass is 10.0. The first-order chi connectivity index (χ1) is 5.56. The molecule has 12 heavy (non-hydrogen) atoms. The zero-order valence-corrected chi connectivity index (χ0v) is 8.31. The molecule has 2 rings (SSSR count). The second-order valence-corrected chi connectivity index (χ2v) is 6.68. The highest BCUT2D eigenvalue weighted by Crippen LogP contribution is 2.56. The van der Waals surface area contributed by atoms with Crippen molar-refractivity contribution in [3.63, 3.8) is 0 Å². The number of rotatable bonds is 3. The third kappa shape index (κ3) is 1.82. The highest BCUT2D eigenvalue weighted by Gasteiger charge is 2.47. The van der Waals surface area contributed by atoms with Crippen LogP contribution in [0.15, 0.2) is 0 Å². The van der Waals surface area contributed by atoms with Gasteiger partial charge in [0.1, 0.15) is 9.84 Å². The van der Waals surface area contributed by atoms with E-state index >= 15 is 0 Å². The Morgan fingerprint density at radius 1 is 1.33 bits per heavy atom. The minimum absolute atomic E-state index is 0.404. The molecule has 70 valence electrons. The van der Waals surface area contributed by atoms with Crippen molar-refractivity contribution < 1.29 is 8.42 Å². The Labute approximate surface area is 74.3 Å². The SMILES string of the molecule is CS(=O)(=O)CC[C@H]1CCC2CC21. The van der Waals surface area contributed by atoms with Crippen LogP contribution in [-0.2, 0) is 9.84 Å². The van der Waals surface area contributed by atoms with Gasteiger partial charge in [0, 0.05) is 6.26 Å². The molecule has 2 aliphatic rings. The van der Waals surface area contributed by atoms with Crippen LogP contribution in [-0.4, -0.2) is 20.4 Å². The van der Waals surface area contributed by atoms with Gasteiger partial charge >= 0.3 is 0 Å². The third-order valence-electron chi connectivity index (χ3n) is 3.35. The average Bonchev–Trinajstić information content (AvgIpc) is 2.60. The van der Waals surface area contributed by atoms with Crippen LogP contribution in [0, 0.1) is 17.8 Å². The van der Waals surface area contributed by atoms with E-state index in [1.54, 1.807) is 0 Å². The summed E-state index contributed by atoms with van der Waals surface area (Å²) in [7, 11) is -2.72. The van der Waals surface area contributed by atoms with Crippen LogP contribution in [0.5, 0.6) is 0 Å². The zero-order chi connectivity index (χ0) is 8.77. The molecule has 0 spiro atoms. The van der Waals surface area contributed by atoms with Gasteiger partial charge in [0.15, 0.2) is 0 Å². The lowest BCUT2D eigenvalue weighted by molar-refractivity contribution is 0.463. The van der Waals surface area contributed by atoms with Crippen molar-refractivity contribution in [2.45, 2.75) is 25.7 Å². The largest absolute Gasteiger partial charge is 0.229 e. The quantitative estimate of drug-likeness (QED) is 0.672. The van der Waals surface area contributed by atoms with E-state index in [9.17, 15) is 8.42 Å². The summed E-state index contributed by atoms with van der Waals surface area (Å²) >= 11 is 0. The molecule has 2 fully saturated rings. The van der Waals surface area contributed by atoms with E-state index in [1.165, 1.54) is 25.5 Å². The molecule has 0 N–H and O–H groups in total. The van der Waals surface area contributed by atoms with Crippen LogP contribution < -0.4 is 0 Å². The topological polar surface area (TPSA) is 34.1 Å². The molecular weight excluding hydrogens is 172 g/mol. The van der Waals surface area contributed by atoms with Crippen LogP contribution >= 0.6 is 0 Å². The fourth-order valence-corrected chi connectivity index (χ4v) is 3.28. The highest BCUT2D eigenvalue weighted by atomic mass is 32.2. The minimum atomic E-state index is -2.72. The molecule has 2 nitrogen and oxygen atoms in total. The maximum atomic E-state index is 10.9. The summed E-state index contributed by atoms with van der Waals surface area (Å²) in [5.41, 5.74) is 0. The number of hydrogen-bond donors (Lipinski definition) is 0. The number of fused-ring (bicyclic) bond motifs is 1. The predicted molar refractivity (Wildman–Crippen MR) is 48.6 cm³/mol. The van der Waals surface area contributed by atoms with Crippen molar-refractivity contribution in [3.8, 4) is 0 Å². The maximum absolute atomic E-state index is 10.9. The molecule has 2 saturated carbocycles. The average molecular weight is 188 g/mol. The van der Waals surface area contributed by atoms with Gasteiger partial charge in [0.2, 0.25) is 0 Å². The highest BCUT2D eigenvalue weighted by molar-refractivity contribution is 7.90. The first-order valence-corrected chi connectivity index (χ1v) is 6.80. The fourth-order valence-electron chi connectivity index (χ4n) is 2.55. The van der Waals surface area contributed by atoms with E-state index < -0.39 is 9.84 Å². The molecule has 0 aromatic heterocycles. The van der Waals surface area contributed by atoms with Gasteiger partial charge in [0.05, 0.1) is 5.75 Å². The van der Waals surface area contributed by atoms with Crippen LogP contribution in [0.3, 0.4) is 0 Å². The molecule has 0 heterocycles. The molecule has 3 heteroatoms. The van der Waals surface area contributed by atoms with Gasteiger partial charge < -0.3 is 0 Å². The smallest absolute Gasteiger partial charge is 0.147 e. The molecule has 0 saturated heterocycles. The van der Waals surface area contributed by atoms with Gasteiger partial charge in [-0.15, -0.1) is 0 Å². The van der Waals surface area contributed by atoms with Gasteiger partial charge in [-0.3, -0.25) is 0 Å². The van der Waals surface area contributed by atoms with Gasteiger partial charge in [-0.2, -0.15) is 0 Å². The predicted octanol–water partition coefficient (Wildman–Crippen LogP) is 1.47. The van der Waals surface area contributed by atoms with Crippen molar-refractivity contribution in [1.29, 1.82) is 0 Å². The Morgan fingerprint density at radius 3 is 2.50 bits per heavy atom. The van der Waals surface area contributed by atoms with Gasteiger partial charge in [-0.25, -0.2) is 8.42 Å². The minimum Gasteiger partial charge on any atom is -0.229 e. The normalized spacial score (nSPS) is 39.6. The molecule has 2 unspecified atom stereocenters. The zero-order valence-electron chi connectivity index (χ0n) is 7.49. The van der Waals surface area contributed by atoms with E-state index in [2.05, 4.69) is 0 Å². The first kappa shape index (κ1) is 8.54. The Hall–Kier alpha value is -0.0500. The fraction of sp³-hybridized carbons (Fsp3) is 1.00. The van der Waals surface area contributed by atoms with Gasteiger partial charge in [0.25, 0.3) is 0 Å². The Balaban J connectivity index is 1.80. The maximum Gasteiger partial charge on any atom is 0.147 e. The second kappa shape index (κ2) is 2.72. The summed E-state index contributed by atoms with van der Waals surface area (Å²) in [6, 6.07) is 0. The summed E-state index contributed by atoms with van der Waals surface area (Å²) in [6.07, 6.45) is 6.28. The van der Waals surface area contributed by atoms with E-state index in [1.807, 2.05) is 0 Å². The molecular formula is C9H16O2S. The molecule has 3 atom stereocenters. The van der Waals surface area contributed by atoms with E-state index in [0.29, 0.717) is 5.75 Å². The van der Waals surface area contributed by atoms with Crippen LogP contribution in [0.2, 0.25) is 0 Å². The van der Waals surface area contributed by atoms with Crippen LogP contribution in [0.4, 0.5) is 0 Å².